The highest BCUT2D eigenvalue weighted by Crippen LogP contribution is 2.44. The summed E-state index contributed by atoms with van der Waals surface area (Å²) in [5, 5.41) is 0. The van der Waals surface area contributed by atoms with Crippen molar-refractivity contribution in [2.24, 2.45) is 11.7 Å². The Morgan fingerprint density at radius 2 is 1.80 bits per heavy atom. The van der Waals surface area contributed by atoms with E-state index in [1.165, 1.54) is 0 Å². The van der Waals surface area contributed by atoms with E-state index in [2.05, 4.69) is 0 Å². The van der Waals surface area contributed by atoms with E-state index in [0.29, 0.717) is 11.5 Å². The van der Waals surface area contributed by atoms with Gasteiger partial charge in [0.15, 0.2) is 9.84 Å². The Kier molecular flexibility index (Phi) is 1.03. The van der Waals surface area contributed by atoms with Gasteiger partial charge in [0.1, 0.15) is 0 Å². The molecule has 2 rings (SSSR count). The largest absolute Gasteiger partial charge is 0.325 e. The minimum Gasteiger partial charge on any atom is -0.325 e. The van der Waals surface area contributed by atoms with Gasteiger partial charge in [-0.05, 0) is 12.8 Å². The van der Waals surface area contributed by atoms with Gasteiger partial charge < -0.3 is 5.73 Å². The molecule has 2 aliphatic rings. The summed E-state index contributed by atoms with van der Waals surface area (Å²) < 4.78 is 21.4. The Morgan fingerprint density at radius 1 is 1.30 bits per heavy atom. The molecule has 58 valence electrons. The molecule has 0 amide bonds. The van der Waals surface area contributed by atoms with Crippen molar-refractivity contribution in [1.29, 1.82) is 0 Å². The maximum Gasteiger partial charge on any atom is 0.151 e. The lowest BCUT2D eigenvalue weighted by atomic mass is 10.0. The highest BCUT2D eigenvalue weighted by molar-refractivity contribution is 7.92. The molecule has 2 fully saturated rings. The second-order valence-corrected chi connectivity index (χ2v) is 5.66. The molecule has 0 spiro atoms. The Bertz CT molecular complexity index is 241. The van der Waals surface area contributed by atoms with Crippen LogP contribution in [0.15, 0.2) is 0 Å². The Labute approximate surface area is 60.5 Å². The minimum absolute atomic E-state index is 0.0781. The summed E-state index contributed by atoms with van der Waals surface area (Å²) in [6, 6.07) is 0. The lowest BCUT2D eigenvalue weighted by Crippen LogP contribution is -2.49. The number of nitrogens with two attached hydrogens (primary N) is 1. The molecule has 1 aliphatic carbocycles. The standard InChI is InChI=1S/C6H11NO2S/c7-6(1-2-6)5-3-10(8,9)4-5/h5H,1-4,7H2. The van der Waals surface area contributed by atoms with E-state index >= 15 is 0 Å². The topological polar surface area (TPSA) is 60.2 Å². The van der Waals surface area contributed by atoms with Crippen molar-refractivity contribution < 1.29 is 8.42 Å². The average Bonchev–Trinajstić information content (AvgIpc) is 2.43. The van der Waals surface area contributed by atoms with Crippen LogP contribution >= 0.6 is 0 Å². The molecule has 1 saturated heterocycles. The predicted octanol–water partition coefficient (Wildman–Crippen LogP) is -0.478. The van der Waals surface area contributed by atoms with Gasteiger partial charge >= 0.3 is 0 Å². The molecular weight excluding hydrogens is 150 g/mol. The van der Waals surface area contributed by atoms with Crippen molar-refractivity contribution in [3.63, 3.8) is 0 Å². The third-order valence-corrected chi connectivity index (χ3v) is 4.37. The Balaban J connectivity index is 2.03. The summed E-state index contributed by atoms with van der Waals surface area (Å²) in [5.41, 5.74) is 5.73. The van der Waals surface area contributed by atoms with Gasteiger partial charge in [0.05, 0.1) is 11.5 Å². The zero-order valence-corrected chi connectivity index (χ0v) is 6.52. The summed E-state index contributed by atoms with van der Waals surface area (Å²) in [7, 11) is -2.65. The lowest BCUT2D eigenvalue weighted by molar-refractivity contribution is 0.432. The smallest absolute Gasteiger partial charge is 0.151 e. The first-order chi connectivity index (χ1) is 4.52. The molecule has 0 radical (unpaired) electrons. The van der Waals surface area contributed by atoms with Crippen LogP contribution in [0.4, 0.5) is 0 Å². The van der Waals surface area contributed by atoms with Crippen molar-refractivity contribution in [3.8, 4) is 0 Å². The molecule has 2 N–H and O–H groups in total. The van der Waals surface area contributed by atoms with Gasteiger partial charge in [0.25, 0.3) is 0 Å². The van der Waals surface area contributed by atoms with E-state index in [1.54, 1.807) is 0 Å². The quantitative estimate of drug-likeness (QED) is 0.565. The van der Waals surface area contributed by atoms with Gasteiger partial charge in [-0.1, -0.05) is 0 Å². The van der Waals surface area contributed by atoms with E-state index in [1.807, 2.05) is 0 Å². The second kappa shape index (κ2) is 1.56. The Morgan fingerprint density at radius 3 is 2.10 bits per heavy atom. The van der Waals surface area contributed by atoms with Crippen molar-refractivity contribution in [2.75, 3.05) is 11.5 Å². The molecule has 3 nitrogen and oxygen atoms in total. The SMILES string of the molecule is NC1(C2CS(=O)(=O)C2)CC1. The van der Waals surface area contributed by atoms with Gasteiger partial charge in [-0.2, -0.15) is 0 Å². The van der Waals surface area contributed by atoms with Gasteiger partial charge in [-0.15, -0.1) is 0 Å². The fraction of sp³-hybridized carbons (Fsp3) is 1.00. The van der Waals surface area contributed by atoms with Crippen molar-refractivity contribution in [1.82, 2.24) is 0 Å². The molecule has 1 aliphatic heterocycles. The van der Waals surface area contributed by atoms with Gasteiger partial charge in [0, 0.05) is 11.5 Å². The van der Waals surface area contributed by atoms with Crippen LogP contribution in [0.3, 0.4) is 0 Å². The third kappa shape index (κ3) is 0.864. The Hall–Kier alpha value is -0.0900. The summed E-state index contributed by atoms with van der Waals surface area (Å²) in [4.78, 5) is 0. The first-order valence-electron chi connectivity index (χ1n) is 3.51. The van der Waals surface area contributed by atoms with Crippen LogP contribution in [0.2, 0.25) is 0 Å². The summed E-state index contributed by atoms with van der Waals surface area (Å²) >= 11 is 0. The summed E-state index contributed by atoms with van der Waals surface area (Å²) in [5.74, 6) is 0.949. The number of sulfone groups is 1. The molecule has 4 heteroatoms. The van der Waals surface area contributed by atoms with Gasteiger partial charge in [0.2, 0.25) is 0 Å². The minimum atomic E-state index is -2.65. The lowest BCUT2D eigenvalue weighted by Gasteiger charge is -2.30. The molecule has 0 bridgehead atoms. The zero-order valence-electron chi connectivity index (χ0n) is 5.71. The zero-order chi connectivity index (χ0) is 7.41. The van der Waals surface area contributed by atoms with E-state index in [0.717, 1.165) is 12.8 Å². The first-order valence-corrected chi connectivity index (χ1v) is 5.33. The molecule has 1 saturated carbocycles. The van der Waals surface area contributed by atoms with Crippen molar-refractivity contribution >= 4 is 9.84 Å². The van der Waals surface area contributed by atoms with Crippen LogP contribution < -0.4 is 5.73 Å². The summed E-state index contributed by atoms with van der Waals surface area (Å²) in [6.07, 6.45) is 2.04. The molecule has 0 unspecified atom stereocenters. The summed E-state index contributed by atoms with van der Waals surface area (Å²) in [6.45, 7) is 0. The monoisotopic (exact) mass is 161 g/mol. The van der Waals surface area contributed by atoms with E-state index in [-0.39, 0.29) is 11.5 Å². The fourth-order valence-electron chi connectivity index (χ4n) is 1.45. The van der Waals surface area contributed by atoms with E-state index < -0.39 is 9.84 Å². The fourth-order valence-corrected chi connectivity index (χ4v) is 3.24. The van der Waals surface area contributed by atoms with Crippen LogP contribution in [0, 0.1) is 5.92 Å². The van der Waals surface area contributed by atoms with Crippen molar-refractivity contribution in [3.05, 3.63) is 0 Å². The van der Waals surface area contributed by atoms with E-state index in [4.69, 9.17) is 5.73 Å². The molecule has 0 aromatic heterocycles. The highest BCUT2D eigenvalue weighted by Gasteiger charge is 2.53. The predicted molar refractivity (Wildman–Crippen MR) is 38.3 cm³/mol. The average molecular weight is 161 g/mol. The van der Waals surface area contributed by atoms with Gasteiger partial charge in [-0.3, -0.25) is 0 Å². The highest BCUT2D eigenvalue weighted by atomic mass is 32.2. The molecular formula is C6H11NO2S. The van der Waals surface area contributed by atoms with Crippen LogP contribution in [0.25, 0.3) is 0 Å². The molecule has 0 aromatic carbocycles. The third-order valence-electron chi connectivity index (χ3n) is 2.55. The number of hydrogen-bond donors (Lipinski definition) is 1. The first kappa shape index (κ1) is 6.61. The normalized spacial score (nSPS) is 34.9. The van der Waals surface area contributed by atoms with Crippen LogP contribution in [0.5, 0.6) is 0 Å². The maximum absolute atomic E-state index is 10.7. The molecule has 0 atom stereocenters. The van der Waals surface area contributed by atoms with Gasteiger partial charge in [-0.25, -0.2) is 8.42 Å². The second-order valence-electron chi connectivity index (χ2n) is 3.51. The van der Waals surface area contributed by atoms with Crippen LogP contribution in [-0.4, -0.2) is 25.5 Å². The number of rotatable bonds is 1. The number of hydrogen-bond acceptors (Lipinski definition) is 3. The molecule has 1 heterocycles. The van der Waals surface area contributed by atoms with Crippen LogP contribution in [0.1, 0.15) is 12.8 Å². The van der Waals surface area contributed by atoms with E-state index in [9.17, 15) is 8.42 Å². The van der Waals surface area contributed by atoms with Crippen molar-refractivity contribution in [2.45, 2.75) is 18.4 Å². The molecule has 0 aromatic rings. The molecule has 10 heavy (non-hydrogen) atoms. The van der Waals surface area contributed by atoms with Crippen LogP contribution in [-0.2, 0) is 9.84 Å². The maximum atomic E-state index is 10.7.